The third kappa shape index (κ3) is 2.87. The molecule has 19 heavy (non-hydrogen) atoms. The Balaban J connectivity index is 1.74. The summed E-state index contributed by atoms with van der Waals surface area (Å²) in [4.78, 5) is 6.96. The van der Waals surface area contributed by atoms with Crippen LogP contribution < -0.4 is 5.73 Å². The van der Waals surface area contributed by atoms with Gasteiger partial charge in [0, 0.05) is 35.8 Å². The van der Waals surface area contributed by atoms with Gasteiger partial charge in [0.15, 0.2) is 5.58 Å². The molecule has 1 aromatic heterocycles. The Kier molecular flexibility index (Phi) is 3.66. The molecule has 1 aliphatic rings. The number of nitrogen functional groups attached to an aromatic ring is 1. The Bertz CT molecular complexity index is 569. The van der Waals surface area contributed by atoms with E-state index in [9.17, 15) is 0 Å². The molecule has 0 spiro atoms. The van der Waals surface area contributed by atoms with Crippen LogP contribution in [0.2, 0.25) is 0 Å². The Morgan fingerprint density at radius 3 is 3.26 bits per heavy atom. The number of rotatable bonds is 3. The highest BCUT2D eigenvalue weighted by atomic mass is 32.2. The van der Waals surface area contributed by atoms with Crippen molar-refractivity contribution in [2.24, 2.45) is 0 Å². The SMILES string of the molecule is CCC1CN(Cc2nc3ccc(N)cc3o2)CCS1. The van der Waals surface area contributed by atoms with Gasteiger partial charge in [-0.05, 0) is 18.6 Å². The zero-order valence-corrected chi connectivity index (χ0v) is 11.9. The molecule has 1 aromatic carbocycles. The van der Waals surface area contributed by atoms with Crippen molar-refractivity contribution in [3.63, 3.8) is 0 Å². The predicted octanol–water partition coefficient (Wildman–Crippen LogP) is 2.74. The van der Waals surface area contributed by atoms with Crippen LogP contribution in [-0.2, 0) is 6.54 Å². The molecule has 0 aliphatic carbocycles. The highest BCUT2D eigenvalue weighted by Crippen LogP contribution is 2.24. The van der Waals surface area contributed by atoms with E-state index in [1.54, 1.807) is 0 Å². The fraction of sp³-hybridized carbons (Fsp3) is 0.500. The van der Waals surface area contributed by atoms with Crippen molar-refractivity contribution in [3.8, 4) is 0 Å². The van der Waals surface area contributed by atoms with Gasteiger partial charge in [-0.25, -0.2) is 4.98 Å². The van der Waals surface area contributed by atoms with E-state index in [0.717, 1.165) is 47.6 Å². The topological polar surface area (TPSA) is 55.3 Å². The Labute approximate surface area is 117 Å². The summed E-state index contributed by atoms with van der Waals surface area (Å²) in [5.74, 6) is 1.99. The molecule has 2 heterocycles. The van der Waals surface area contributed by atoms with Crippen LogP contribution in [0.4, 0.5) is 5.69 Å². The van der Waals surface area contributed by atoms with Gasteiger partial charge in [0.1, 0.15) is 5.52 Å². The van der Waals surface area contributed by atoms with Gasteiger partial charge in [-0.15, -0.1) is 0 Å². The molecule has 2 N–H and O–H groups in total. The summed E-state index contributed by atoms with van der Waals surface area (Å²) in [6.45, 7) is 5.29. The smallest absolute Gasteiger partial charge is 0.209 e. The number of hydrogen-bond acceptors (Lipinski definition) is 5. The molecular formula is C14H19N3OS. The Hall–Kier alpha value is -1.20. The Morgan fingerprint density at radius 2 is 2.42 bits per heavy atom. The minimum Gasteiger partial charge on any atom is -0.439 e. The zero-order chi connectivity index (χ0) is 13.2. The number of aromatic nitrogens is 1. The van der Waals surface area contributed by atoms with Gasteiger partial charge in [-0.1, -0.05) is 6.92 Å². The third-order valence-electron chi connectivity index (χ3n) is 3.49. The number of thioether (sulfide) groups is 1. The van der Waals surface area contributed by atoms with Crippen molar-refractivity contribution >= 4 is 28.5 Å². The van der Waals surface area contributed by atoms with Crippen LogP contribution in [0.1, 0.15) is 19.2 Å². The lowest BCUT2D eigenvalue weighted by Crippen LogP contribution is -2.37. The third-order valence-corrected chi connectivity index (χ3v) is 4.87. The Morgan fingerprint density at radius 1 is 1.53 bits per heavy atom. The fourth-order valence-electron chi connectivity index (χ4n) is 2.42. The van der Waals surface area contributed by atoms with Crippen LogP contribution in [0.25, 0.3) is 11.1 Å². The van der Waals surface area contributed by atoms with E-state index in [4.69, 9.17) is 10.2 Å². The van der Waals surface area contributed by atoms with Crippen molar-refractivity contribution in [1.29, 1.82) is 0 Å². The number of fused-ring (bicyclic) bond motifs is 1. The second-order valence-electron chi connectivity index (χ2n) is 4.97. The molecule has 2 aromatic rings. The lowest BCUT2D eigenvalue weighted by molar-refractivity contribution is 0.248. The number of hydrogen-bond donors (Lipinski definition) is 1. The first-order chi connectivity index (χ1) is 9.24. The maximum Gasteiger partial charge on any atom is 0.209 e. The predicted molar refractivity (Wildman–Crippen MR) is 80.2 cm³/mol. The van der Waals surface area contributed by atoms with Gasteiger partial charge in [0.25, 0.3) is 0 Å². The fourth-order valence-corrected chi connectivity index (χ4v) is 3.67. The maximum absolute atomic E-state index is 5.78. The summed E-state index contributed by atoms with van der Waals surface area (Å²) in [5.41, 5.74) is 8.15. The van der Waals surface area contributed by atoms with Crippen molar-refractivity contribution in [2.45, 2.75) is 25.1 Å². The summed E-state index contributed by atoms with van der Waals surface area (Å²) in [6, 6.07) is 5.62. The maximum atomic E-state index is 5.78. The van der Waals surface area contributed by atoms with Crippen molar-refractivity contribution in [1.82, 2.24) is 9.88 Å². The van der Waals surface area contributed by atoms with Crippen LogP contribution in [-0.4, -0.2) is 34.0 Å². The standard InChI is InChI=1S/C14H19N3OS/c1-2-11-8-17(5-6-19-11)9-14-16-12-4-3-10(15)7-13(12)18-14/h3-4,7,11H,2,5-6,8-9,15H2,1H3. The minimum absolute atomic E-state index is 0.718. The first kappa shape index (κ1) is 12.8. The van der Waals surface area contributed by atoms with Crippen LogP contribution >= 0.6 is 11.8 Å². The lowest BCUT2D eigenvalue weighted by atomic mass is 10.3. The number of benzene rings is 1. The first-order valence-electron chi connectivity index (χ1n) is 6.73. The molecule has 1 aliphatic heterocycles. The van der Waals surface area contributed by atoms with Crippen molar-refractivity contribution in [3.05, 3.63) is 24.1 Å². The quantitative estimate of drug-likeness (QED) is 0.874. The normalized spacial score (nSPS) is 21.0. The molecular weight excluding hydrogens is 258 g/mol. The van der Waals surface area contributed by atoms with Crippen molar-refractivity contribution < 1.29 is 4.42 Å². The average molecular weight is 277 g/mol. The van der Waals surface area contributed by atoms with E-state index in [0.29, 0.717) is 0 Å². The van der Waals surface area contributed by atoms with E-state index in [-0.39, 0.29) is 0 Å². The molecule has 5 heteroatoms. The van der Waals surface area contributed by atoms with Gasteiger partial charge in [0.05, 0.1) is 6.54 Å². The minimum atomic E-state index is 0.718. The number of oxazole rings is 1. The van der Waals surface area contributed by atoms with Crippen LogP contribution in [0.5, 0.6) is 0 Å². The summed E-state index contributed by atoms with van der Waals surface area (Å²) >= 11 is 2.08. The van der Waals surface area contributed by atoms with E-state index in [2.05, 4.69) is 28.6 Å². The average Bonchev–Trinajstić information content (AvgIpc) is 2.80. The molecule has 3 rings (SSSR count). The highest BCUT2D eigenvalue weighted by molar-refractivity contribution is 8.00. The first-order valence-corrected chi connectivity index (χ1v) is 7.78. The number of nitrogens with two attached hydrogens (primary N) is 1. The summed E-state index contributed by atoms with van der Waals surface area (Å²) in [5, 5.41) is 0.744. The summed E-state index contributed by atoms with van der Waals surface area (Å²) in [7, 11) is 0. The van der Waals surface area contributed by atoms with E-state index in [1.807, 2.05) is 18.2 Å². The van der Waals surface area contributed by atoms with Gasteiger partial charge >= 0.3 is 0 Å². The second kappa shape index (κ2) is 5.43. The second-order valence-corrected chi connectivity index (χ2v) is 6.38. The number of anilines is 1. The van der Waals surface area contributed by atoms with E-state index >= 15 is 0 Å². The molecule has 1 unspecified atom stereocenters. The van der Waals surface area contributed by atoms with Crippen LogP contribution in [0.3, 0.4) is 0 Å². The van der Waals surface area contributed by atoms with Gasteiger partial charge in [-0.2, -0.15) is 11.8 Å². The van der Waals surface area contributed by atoms with Gasteiger partial charge < -0.3 is 10.2 Å². The lowest BCUT2D eigenvalue weighted by Gasteiger charge is -2.30. The van der Waals surface area contributed by atoms with Gasteiger partial charge in [-0.3, -0.25) is 4.90 Å². The molecule has 102 valence electrons. The van der Waals surface area contributed by atoms with Crippen LogP contribution in [0.15, 0.2) is 22.6 Å². The van der Waals surface area contributed by atoms with E-state index < -0.39 is 0 Å². The molecule has 1 atom stereocenters. The monoisotopic (exact) mass is 277 g/mol. The van der Waals surface area contributed by atoms with E-state index in [1.165, 1.54) is 12.2 Å². The molecule has 0 saturated carbocycles. The molecule has 1 saturated heterocycles. The molecule has 0 amide bonds. The highest BCUT2D eigenvalue weighted by Gasteiger charge is 2.20. The molecule has 0 bridgehead atoms. The van der Waals surface area contributed by atoms with Crippen LogP contribution in [0, 0.1) is 0 Å². The van der Waals surface area contributed by atoms with Crippen molar-refractivity contribution in [2.75, 3.05) is 24.6 Å². The molecule has 1 fully saturated rings. The molecule has 0 radical (unpaired) electrons. The van der Waals surface area contributed by atoms with Gasteiger partial charge in [0.2, 0.25) is 5.89 Å². The summed E-state index contributed by atoms with van der Waals surface area (Å²) in [6.07, 6.45) is 1.23. The molecule has 4 nitrogen and oxygen atoms in total. The zero-order valence-electron chi connectivity index (χ0n) is 11.1. The number of nitrogens with zero attached hydrogens (tertiary/aromatic N) is 2. The largest absolute Gasteiger partial charge is 0.439 e. The summed E-state index contributed by atoms with van der Waals surface area (Å²) < 4.78 is 5.78.